The van der Waals surface area contributed by atoms with E-state index < -0.39 is 0 Å². The van der Waals surface area contributed by atoms with E-state index in [1.54, 1.807) is 12.4 Å². The Hall–Kier alpha value is -2.89. The fourth-order valence-electron chi connectivity index (χ4n) is 3.60. The number of urea groups is 1. The maximum absolute atomic E-state index is 13.0. The third kappa shape index (κ3) is 3.40. The van der Waals surface area contributed by atoms with E-state index in [9.17, 15) is 4.79 Å². The number of aromatic nitrogens is 2. The molecule has 1 atom stereocenters. The van der Waals surface area contributed by atoms with E-state index in [0.29, 0.717) is 11.5 Å². The van der Waals surface area contributed by atoms with Gasteiger partial charge in [0.1, 0.15) is 5.52 Å². The smallest absolute Gasteiger partial charge is 0.322 e. The maximum Gasteiger partial charge on any atom is 0.322 e. The van der Waals surface area contributed by atoms with Gasteiger partial charge in [-0.25, -0.2) is 9.78 Å². The van der Waals surface area contributed by atoms with Gasteiger partial charge in [0, 0.05) is 37.6 Å². The Balaban J connectivity index is 1.57. The van der Waals surface area contributed by atoms with Gasteiger partial charge in [0.05, 0.1) is 6.04 Å². The number of fused-ring (bicyclic) bond motifs is 1. The number of carbonyl (C=O) groups excluding carboxylic acids is 1. The van der Waals surface area contributed by atoms with Crippen molar-refractivity contribution in [2.45, 2.75) is 38.6 Å². The zero-order valence-electron chi connectivity index (χ0n) is 14.8. The third-order valence-electron chi connectivity index (χ3n) is 4.85. The van der Waals surface area contributed by atoms with Crippen LogP contribution in [0.4, 0.5) is 10.5 Å². The predicted molar refractivity (Wildman–Crippen MR) is 99.9 cm³/mol. The van der Waals surface area contributed by atoms with Gasteiger partial charge < -0.3 is 14.6 Å². The Morgan fingerprint density at radius 1 is 1.19 bits per heavy atom. The minimum Gasteiger partial charge on any atom is -0.441 e. The molecule has 6 nitrogen and oxygen atoms in total. The summed E-state index contributed by atoms with van der Waals surface area (Å²) < 4.78 is 5.56. The molecule has 3 aromatic rings. The van der Waals surface area contributed by atoms with Crippen LogP contribution in [0.15, 0.2) is 47.1 Å². The second kappa shape index (κ2) is 7.15. The molecule has 1 aliphatic rings. The van der Waals surface area contributed by atoms with E-state index in [-0.39, 0.29) is 12.1 Å². The zero-order chi connectivity index (χ0) is 17.9. The Kier molecular flexibility index (Phi) is 4.56. The van der Waals surface area contributed by atoms with Crippen LogP contribution in [0.2, 0.25) is 0 Å². The topological polar surface area (TPSA) is 71.3 Å². The van der Waals surface area contributed by atoms with Gasteiger partial charge in [-0.2, -0.15) is 0 Å². The Bertz CT molecular complexity index is 907. The number of hydrogen-bond acceptors (Lipinski definition) is 4. The van der Waals surface area contributed by atoms with Crippen LogP contribution in [-0.4, -0.2) is 27.4 Å². The molecule has 1 N–H and O–H groups in total. The molecule has 4 rings (SSSR count). The van der Waals surface area contributed by atoms with Crippen molar-refractivity contribution >= 4 is 22.8 Å². The van der Waals surface area contributed by atoms with E-state index in [1.807, 2.05) is 42.2 Å². The molecule has 26 heavy (non-hydrogen) atoms. The van der Waals surface area contributed by atoms with Gasteiger partial charge in [-0.1, -0.05) is 12.8 Å². The van der Waals surface area contributed by atoms with Crippen LogP contribution in [0.3, 0.4) is 0 Å². The number of anilines is 1. The molecule has 1 aliphatic heterocycles. The molecule has 2 amide bonds. The van der Waals surface area contributed by atoms with Gasteiger partial charge in [0.25, 0.3) is 0 Å². The quantitative estimate of drug-likeness (QED) is 0.728. The number of nitrogens with zero attached hydrogens (tertiary/aromatic N) is 3. The molecule has 0 aliphatic carbocycles. The summed E-state index contributed by atoms with van der Waals surface area (Å²) >= 11 is 0. The molecule has 1 fully saturated rings. The van der Waals surface area contributed by atoms with Gasteiger partial charge in [-0.05, 0) is 42.7 Å². The van der Waals surface area contributed by atoms with Gasteiger partial charge in [0.2, 0.25) is 0 Å². The summed E-state index contributed by atoms with van der Waals surface area (Å²) in [6.07, 6.45) is 7.84. The highest BCUT2D eigenvalue weighted by Crippen LogP contribution is 2.30. The lowest BCUT2D eigenvalue weighted by Crippen LogP contribution is -2.38. The van der Waals surface area contributed by atoms with Crippen LogP contribution in [0, 0.1) is 6.92 Å². The normalized spacial score (nSPS) is 17.9. The van der Waals surface area contributed by atoms with Crippen LogP contribution >= 0.6 is 0 Å². The van der Waals surface area contributed by atoms with Crippen molar-refractivity contribution < 1.29 is 9.21 Å². The lowest BCUT2D eigenvalue weighted by molar-refractivity contribution is 0.189. The summed E-state index contributed by atoms with van der Waals surface area (Å²) in [6.45, 7) is 2.57. The van der Waals surface area contributed by atoms with Gasteiger partial charge in [-0.3, -0.25) is 4.98 Å². The number of likely N-dealkylation sites (tertiary alicyclic amines) is 1. The van der Waals surface area contributed by atoms with E-state index in [1.165, 1.54) is 0 Å². The minimum atomic E-state index is -0.0794. The first-order chi connectivity index (χ1) is 12.7. The summed E-state index contributed by atoms with van der Waals surface area (Å²) in [6, 6.07) is 9.55. The van der Waals surface area contributed by atoms with E-state index in [2.05, 4.69) is 15.3 Å². The number of aryl methyl sites for hydroxylation is 1. The highest BCUT2D eigenvalue weighted by Gasteiger charge is 2.26. The van der Waals surface area contributed by atoms with Crippen LogP contribution in [0.5, 0.6) is 0 Å². The summed E-state index contributed by atoms with van der Waals surface area (Å²) in [5.41, 5.74) is 3.33. The molecule has 0 saturated carbocycles. The summed E-state index contributed by atoms with van der Waals surface area (Å²) in [4.78, 5) is 23.3. The second-order valence-corrected chi connectivity index (χ2v) is 6.68. The average Bonchev–Trinajstić information content (AvgIpc) is 2.86. The third-order valence-corrected chi connectivity index (χ3v) is 4.85. The van der Waals surface area contributed by atoms with Crippen LogP contribution in [-0.2, 0) is 0 Å². The highest BCUT2D eigenvalue weighted by molar-refractivity contribution is 5.91. The zero-order valence-corrected chi connectivity index (χ0v) is 14.8. The molecule has 2 aromatic heterocycles. The van der Waals surface area contributed by atoms with Crippen molar-refractivity contribution in [3.63, 3.8) is 0 Å². The average molecular weight is 350 g/mol. The first kappa shape index (κ1) is 16.6. The van der Waals surface area contributed by atoms with Crippen molar-refractivity contribution in [2.24, 2.45) is 0 Å². The molecule has 3 heterocycles. The van der Waals surface area contributed by atoms with Crippen molar-refractivity contribution in [3.05, 3.63) is 54.2 Å². The Morgan fingerprint density at radius 3 is 2.88 bits per heavy atom. The first-order valence-electron chi connectivity index (χ1n) is 9.05. The molecule has 1 saturated heterocycles. The fraction of sp³-hybridized carbons (Fsp3) is 0.350. The lowest BCUT2D eigenvalue weighted by atomic mass is 10.0. The van der Waals surface area contributed by atoms with Crippen LogP contribution < -0.4 is 5.32 Å². The Labute approximate surface area is 152 Å². The van der Waals surface area contributed by atoms with Crippen molar-refractivity contribution in [3.8, 4) is 0 Å². The summed E-state index contributed by atoms with van der Waals surface area (Å²) in [5, 5.41) is 3.02. The number of rotatable bonds is 2. The summed E-state index contributed by atoms with van der Waals surface area (Å²) in [7, 11) is 0. The number of amides is 2. The van der Waals surface area contributed by atoms with Crippen molar-refractivity contribution in [1.29, 1.82) is 0 Å². The molecular weight excluding hydrogens is 328 g/mol. The molecule has 0 bridgehead atoms. The number of hydrogen-bond donors (Lipinski definition) is 1. The molecule has 0 radical (unpaired) electrons. The molecule has 1 aromatic carbocycles. The maximum atomic E-state index is 13.0. The number of carbonyl (C=O) groups is 1. The number of nitrogens with one attached hydrogen (secondary N) is 1. The van der Waals surface area contributed by atoms with Crippen LogP contribution in [0.25, 0.3) is 11.1 Å². The van der Waals surface area contributed by atoms with E-state index in [4.69, 9.17) is 4.42 Å². The molecular formula is C20H22N4O2. The predicted octanol–water partition coefficient (Wildman–Crippen LogP) is 4.68. The SMILES string of the molecule is Cc1nc2ccc(NC(=O)N3CCCCC[C@@H]3c3ccncc3)cc2o1. The molecule has 134 valence electrons. The standard InChI is InChI=1S/C20H22N4O2/c1-14-22-17-7-6-16(13-19(17)26-14)23-20(25)24-12-4-2-3-5-18(24)15-8-10-21-11-9-15/h6-11,13,18H,2-5,12H2,1H3,(H,23,25)/t18-/m1/s1. The number of benzene rings is 1. The Morgan fingerprint density at radius 2 is 2.04 bits per heavy atom. The first-order valence-corrected chi connectivity index (χ1v) is 9.05. The van der Waals surface area contributed by atoms with Crippen molar-refractivity contribution in [2.75, 3.05) is 11.9 Å². The van der Waals surface area contributed by atoms with Crippen molar-refractivity contribution in [1.82, 2.24) is 14.9 Å². The molecule has 6 heteroatoms. The van der Waals surface area contributed by atoms with Crippen LogP contribution in [0.1, 0.15) is 43.2 Å². The molecule has 0 unspecified atom stereocenters. The van der Waals surface area contributed by atoms with Gasteiger partial charge in [-0.15, -0.1) is 0 Å². The van der Waals surface area contributed by atoms with E-state index in [0.717, 1.165) is 49.0 Å². The van der Waals surface area contributed by atoms with E-state index >= 15 is 0 Å². The number of oxazole rings is 1. The second-order valence-electron chi connectivity index (χ2n) is 6.68. The summed E-state index contributed by atoms with van der Waals surface area (Å²) in [5.74, 6) is 0.619. The fourth-order valence-corrected chi connectivity index (χ4v) is 3.60. The minimum absolute atomic E-state index is 0.0794. The largest absolute Gasteiger partial charge is 0.441 e. The monoisotopic (exact) mass is 350 g/mol. The lowest BCUT2D eigenvalue weighted by Gasteiger charge is -2.30. The van der Waals surface area contributed by atoms with Gasteiger partial charge in [0.15, 0.2) is 11.5 Å². The molecule has 0 spiro atoms. The van der Waals surface area contributed by atoms with Gasteiger partial charge >= 0.3 is 6.03 Å². The number of pyridine rings is 1. The highest BCUT2D eigenvalue weighted by atomic mass is 16.3.